The minimum atomic E-state index is -4.52. The number of benzene rings is 2. The number of carboxylic acid groups (broad SMARTS) is 1. The molecule has 9 heteroatoms. The molecule has 1 amide bonds. The number of rotatable bonds is 5. The number of alkyl halides is 2. The summed E-state index contributed by atoms with van der Waals surface area (Å²) in [5.41, 5.74) is 2.21. The maximum atomic E-state index is 12.6. The molecule has 3 rings (SSSR count). The Bertz CT molecular complexity index is 1000. The molecule has 0 aromatic heterocycles. The summed E-state index contributed by atoms with van der Waals surface area (Å²) in [5, 5.41) is 9.04. The summed E-state index contributed by atoms with van der Waals surface area (Å²) in [6, 6.07) is 10.1. The van der Waals surface area contributed by atoms with E-state index < -0.39 is 27.3 Å². The van der Waals surface area contributed by atoms with Crippen LogP contribution in [0, 0.1) is 0 Å². The zero-order valence-corrected chi connectivity index (χ0v) is 14.7. The normalized spacial score (nSPS) is 13.7. The maximum absolute atomic E-state index is 12.6. The van der Waals surface area contributed by atoms with E-state index in [9.17, 15) is 26.8 Å². The number of halogens is 2. The largest absolute Gasteiger partial charge is 0.478 e. The third-order valence-corrected chi connectivity index (χ3v) is 5.58. The van der Waals surface area contributed by atoms with Crippen LogP contribution in [0.2, 0.25) is 0 Å². The molecule has 6 nitrogen and oxygen atoms in total. The van der Waals surface area contributed by atoms with Gasteiger partial charge in [0.2, 0.25) is 9.84 Å². The number of carboxylic acids is 1. The Labute approximate surface area is 154 Å². The average Bonchev–Trinajstić information content (AvgIpc) is 3.04. The predicted octanol–water partition coefficient (Wildman–Crippen LogP) is 2.68. The number of aromatic carboxylic acids is 1. The van der Waals surface area contributed by atoms with Gasteiger partial charge in [-0.25, -0.2) is 13.2 Å². The molecule has 0 saturated heterocycles. The molecule has 1 aliphatic rings. The highest BCUT2D eigenvalue weighted by molar-refractivity contribution is 7.90. The second-order valence-corrected chi connectivity index (χ2v) is 8.19. The van der Waals surface area contributed by atoms with Crippen molar-refractivity contribution in [1.29, 1.82) is 0 Å². The number of nitrogens with zero attached hydrogens (tertiary/aromatic N) is 1. The highest BCUT2D eigenvalue weighted by atomic mass is 32.2. The van der Waals surface area contributed by atoms with Crippen molar-refractivity contribution in [2.75, 3.05) is 0 Å². The molecule has 0 saturated carbocycles. The van der Waals surface area contributed by atoms with Gasteiger partial charge >= 0.3 is 11.7 Å². The van der Waals surface area contributed by atoms with Crippen molar-refractivity contribution in [3.63, 3.8) is 0 Å². The van der Waals surface area contributed by atoms with Crippen molar-refractivity contribution < 1.29 is 31.9 Å². The molecule has 0 fully saturated rings. The second kappa shape index (κ2) is 7.07. The Hall–Kier alpha value is -2.81. The van der Waals surface area contributed by atoms with Gasteiger partial charge in [0.25, 0.3) is 5.91 Å². The van der Waals surface area contributed by atoms with Crippen LogP contribution in [0.1, 0.15) is 37.4 Å². The standard InChI is InChI=1S/C18H15F2NO5S/c19-18(20)27(25,26)10-11-1-3-12(4-2-11)16(22)21-8-14-6-5-13(17(23)24)7-15(14)9-21/h1-7,18H,8-10H2,(H,23,24). The molecule has 2 aromatic carbocycles. The first-order valence-electron chi connectivity index (χ1n) is 7.90. The van der Waals surface area contributed by atoms with Gasteiger partial charge < -0.3 is 10.0 Å². The second-order valence-electron chi connectivity index (χ2n) is 6.21. The van der Waals surface area contributed by atoms with E-state index in [1.54, 1.807) is 6.07 Å². The molecular weight excluding hydrogens is 380 g/mol. The van der Waals surface area contributed by atoms with Gasteiger partial charge in [-0.3, -0.25) is 4.79 Å². The molecule has 2 aromatic rings. The van der Waals surface area contributed by atoms with Crippen LogP contribution in [0.5, 0.6) is 0 Å². The average molecular weight is 395 g/mol. The highest BCUT2D eigenvalue weighted by Crippen LogP contribution is 2.26. The Morgan fingerprint density at radius 2 is 1.59 bits per heavy atom. The van der Waals surface area contributed by atoms with Gasteiger partial charge in [-0.2, -0.15) is 8.78 Å². The first-order valence-corrected chi connectivity index (χ1v) is 9.62. The fourth-order valence-corrected chi connectivity index (χ4v) is 3.68. The van der Waals surface area contributed by atoms with Crippen LogP contribution in [-0.4, -0.2) is 36.1 Å². The number of fused-ring (bicyclic) bond motifs is 1. The molecule has 142 valence electrons. The SMILES string of the molecule is O=C(O)c1ccc2c(c1)CN(C(=O)c1ccc(CS(=O)(=O)C(F)F)cc1)C2. The number of sulfone groups is 1. The number of hydrogen-bond donors (Lipinski definition) is 1. The van der Waals surface area contributed by atoms with Crippen LogP contribution in [0.4, 0.5) is 8.78 Å². The molecule has 0 aliphatic carbocycles. The maximum Gasteiger partial charge on any atom is 0.337 e. The predicted molar refractivity (Wildman–Crippen MR) is 92.0 cm³/mol. The lowest BCUT2D eigenvalue weighted by atomic mass is 10.1. The van der Waals surface area contributed by atoms with Crippen LogP contribution >= 0.6 is 0 Å². The van der Waals surface area contributed by atoms with E-state index in [0.717, 1.165) is 11.1 Å². The van der Waals surface area contributed by atoms with Crippen molar-refractivity contribution in [3.8, 4) is 0 Å². The van der Waals surface area contributed by atoms with Gasteiger partial charge in [0.15, 0.2) is 0 Å². The van der Waals surface area contributed by atoms with Gasteiger partial charge in [-0.15, -0.1) is 0 Å². The van der Waals surface area contributed by atoms with E-state index >= 15 is 0 Å². The van der Waals surface area contributed by atoms with Crippen LogP contribution in [0.15, 0.2) is 42.5 Å². The fourth-order valence-electron chi connectivity index (χ4n) is 2.89. The summed E-state index contributed by atoms with van der Waals surface area (Å²) < 4.78 is 47.4. The number of carbonyl (C=O) groups excluding carboxylic acids is 1. The van der Waals surface area contributed by atoms with Crippen molar-refractivity contribution >= 4 is 21.7 Å². The van der Waals surface area contributed by atoms with Gasteiger partial charge in [0, 0.05) is 18.7 Å². The zero-order valence-electron chi connectivity index (χ0n) is 13.9. The lowest BCUT2D eigenvalue weighted by molar-refractivity contribution is 0.0696. The molecule has 0 unspecified atom stereocenters. The van der Waals surface area contributed by atoms with E-state index in [1.807, 2.05) is 0 Å². The summed E-state index contributed by atoms with van der Waals surface area (Å²) in [7, 11) is -4.52. The molecule has 1 aliphatic heterocycles. The lowest BCUT2D eigenvalue weighted by Gasteiger charge is -2.15. The minimum Gasteiger partial charge on any atom is -0.478 e. The fraction of sp³-hybridized carbons (Fsp3) is 0.222. The van der Waals surface area contributed by atoms with Crippen LogP contribution < -0.4 is 0 Å². The first-order chi connectivity index (χ1) is 12.7. The van der Waals surface area contributed by atoms with Crippen molar-refractivity contribution in [3.05, 3.63) is 70.3 Å². The smallest absolute Gasteiger partial charge is 0.337 e. The third-order valence-electron chi connectivity index (χ3n) is 4.30. The Morgan fingerprint density at radius 3 is 2.19 bits per heavy atom. The molecular formula is C18H15F2NO5S. The van der Waals surface area contributed by atoms with E-state index in [4.69, 9.17) is 5.11 Å². The summed E-state index contributed by atoms with van der Waals surface area (Å²) in [4.78, 5) is 25.2. The molecule has 1 N–H and O–H groups in total. The van der Waals surface area contributed by atoms with E-state index in [-0.39, 0.29) is 23.6 Å². The molecule has 0 bridgehead atoms. The lowest BCUT2D eigenvalue weighted by Crippen LogP contribution is -2.25. The molecule has 0 radical (unpaired) electrons. The minimum absolute atomic E-state index is 0.146. The van der Waals surface area contributed by atoms with E-state index in [1.165, 1.54) is 41.3 Å². The quantitative estimate of drug-likeness (QED) is 0.840. The Kier molecular flexibility index (Phi) is 4.97. The molecule has 1 heterocycles. The summed E-state index contributed by atoms with van der Waals surface area (Å²) >= 11 is 0. The van der Waals surface area contributed by atoms with E-state index in [2.05, 4.69) is 0 Å². The Balaban J connectivity index is 1.72. The van der Waals surface area contributed by atoms with Gasteiger partial charge in [0.05, 0.1) is 11.3 Å². The van der Waals surface area contributed by atoms with Gasteiger partial charge in [-0.05, 0) is 41.0 Å². The van der Waals surface area contributed by atoms with Crippen LogP contribution in [0.25, 0.3) is 0 Å². The van der Waals surface area contributed by atoms with Crippen molar-refractivity contribution in [1.82, 2.24) is 4.90 Å². The van der Waals surface area contributed by atoms with Crippen LogP contribution in [0.3, 0.4) is 0 Å². The van der Waals surface area contributed by atoms with Gasteiger partial charge in [-0.1, -0.05) is 18.2 Å². The number of carbonyl (C=O) groups is 2. The highest BCUT2D eigenvalue weighted by Gasteiger charge is 2.26. The topological polar surface area (TPSA) is 91.8 Å². The Morgan fingerprint density at radius 1 is 1.00 bits per heavy atom. The number of hydrogen-bond acceptors (Lipinski definition) is 4. The van der Waals surface area contributed by atoms with Crippen LogP contribution in [-0.2, 0) is 28.7 Å². The summed E-state index contributed by atoms with van der Waals surface area (Å²) in [6.45, 7) is 0.590. The molecule has 0 atom stereocenters. The van der Waals surface area contributed by atoms with Crippen molar-refractivity contribution in [2.45, 2.75) is 24.6 Å². The zero-order chi connectivity index (χ0) is 19.8. The third kappa shape index (κ3) is 3.97. The monoisotopic (exact) mass is 395 g/mol. The van der Waals surface area contributed by atoms with Gasteiger partial charge in [0.1, 0.15) is 0 Å². The summed E-state index contributed by atoms with van der Waals surface area (Å²) in [6.07, 6.45) is 0. The first kappa shape index (κ1) is 19.0. The molecule has 0 spiro atoms. The van der Waals surface area contributed by atoms with Crippen molar-refractivity contribution in [2.24, 2.45) is 0 Å². The molecule has 27 heavy (non-hydrogen) atoms. The number of amides is 1. The van der Waals surface area contributed by atoms with E-state index in [0.29, 0.717) is 12.1 Å². The summed E-state index contributed by atoms with van der Waals surface area (Å²) in [5.74, 6) is -5.60.